The van der Waals surface area contributed by atoms with E-state index in [1.807, 2.05) is 28.0 Å². The third kappa shape index (κ3) is 11.5. The summed E-state index contributed by atoms with van der Waals surface area (Å²) >= 11 is 0. The Morgan fingerprint density at radius 3 is 1.90 bits per heavy atom. The molecule has 0 atom stereocenters. The van der Waals surface area contributed by atoms with E-state index in [0.29, 0.717) is 36.9 Å². The van der Waals surface area contributed by atoms with E-state index >= 15 is 0 Å². The zero-order valence-corrected chi connectivity index (χ0v) is 31.4. The highest BCUT2D eigenvalue weighted by atomic mass is 16.6. The van der Waals surface area contributed by atoms with Gasteiger partial charge in [-0.3, -0.25) is 0 Å². The fourth-order valence-electron chi connectivity index (χ4n) is 7.00. The second-order valence-electron chi connectivity index (χ2n) is 15.1. The van der Waals surface area contributed by atoms with Crippen LogP contribution in [0.1, 0.15) is 59.8 Å². The quantitative estimate of drug-likeness (QED) is 0.159. The van der Waals surface area contributed by atoms with Crippen molar-refractivity contribution >= 4 is 28.8 Å². The summed E-state index contributed by atoms with van der Waals surface area (Å²) in [5.74, 6) is 2.57. The van der Waals surface area contributed by atoms with E-state index in [1.54, 1.807) is 7.11 Å². The first-order valence-electron chi connectivity index (χ1n) is 19.0. The van der Waals surface area contributed by atoms with Gasteiger partial charge >= 0.3 is 12.2 Å². The number of nitrogens with one attached hydrogen (secondary N) is 1. The summed E-state index contributed by atoms with van der Waals surface area (Å²) < 4.78 is 16.4. The maximum absolute atomic E-state index is 12.6. The lowest BCUT2D eigenvalue weighted by Crippen LogP contribution is -2.45. The first-order chi connectivity index (χ1) is 24.7. The van der Waals surface area contributed by atoms with Gasteiger partial charge in [-0.05, 0) is 98.7 Å². The van der Waals surface area contributed by atoms with Crippen LogP contribution < -0.4 is 10.1 Å². The molecule has 2 aliphatic rings. The lowest BCUT2D eigenvalue weighted by atomic mass is 9.93. The number of fused-ring (bicyclic) bond motifs is 1. The molecule has 278 valence electrons. The van der Waals surface area contributed by atoms with Crippen molar-refractivity contribution in [3.63, 3.8) is 0 Å². The molecule has 10 heteroatoms. The number of piperidine rings is 2. The average Bonchev–Trinajstić information content (AvgIpc) is 3.15. The van der Waals surface area contributed by atoms with Crippen LogP contribution in [0.25, 0.3) is 22.2 Å². The van der Waals surface area contributed by atoms with Crippen LogP contribution in [0.15, 0.2) is 54.6 Å². The number of methoxy groups -OCH3 is 1. The number of benzene rings is 2. The van der Waals surface area contributed by atoms with Gasteiger partial charge in [0.2, 0.25) is 0 Å². The number of nitrogens with zero attached hydrogens (tertiary/aromatic N) is 4. The Bertz CT molecular complexity index is 1490. The number of aromatic nitrogens is 1. The van der Waals surface area contributed by atoms with Gasteiger partial charge in [0.1, 0.15) is 5.75 Å². The van der Waals surface area contributed by atoms with E-state index in [2.05, 4.69) is 74.3 Å². The smallest absolute Gasteiger partial charge is 0.409 e. The molecule has 0 radical (unpaired) electrons. The van der Waals surface area contributed by atoms with Crippen LogP contribution in [0, 0.1) is 23.7 Å². The average molecular weight is 702 g/mol. The van der Waals surface area contributed by atoms with E-state index in [0.717, 1.165) is 118 Å². The molecule has 51 heavy (non-hydrogen) atoms. The van der Waals surface area contributed by atoms with Crippen molar-refractivity contribution in [1.29, 1.82) is 0 Å². The number of hydrogen-bond acceptors (Lipinski definition) is 8. The monoisotopic (exact) mass is 701 g/mol. The first kappa shape index (κ1) is 38.2. The number of amides is 2. The van der Waals surface area contributed by atoms with E-state index in [-0.39, 0.29) is 12.2 Å². The number of hydrogen-bond donors (Lipinski definition) is 1. The minimum absolute atomic E-state index is 0.178. The maximum Gasteiger partial charge on any atom is 0.409 e. The van der Waals surface area contributed by atoms with Crippen molar-refractivity contribution in [2.75, 3.05) is 78.0 Å². The second-order valence-corrected chi connectivity index (χ2v) is 15.1. The fourth-order valence-corrected chi connectivity index (χ4v) is 7.00. The number of ether oxygens (including phenoxy) is 3. The van der Waals surface area contributed by atoms with E-state index in [4.69, 9.17) is 19.2 Å². The molecule has 0 bridgehead atoms. The highest BCUT2D eigenvalue weighted by Gasteiger charge is 2.28. The highest BCUT2D eigenvalue weighted by molar-refractivity contribution is 5.93. The number of likely N-dealkylation sites (tertiary alicyclic amines) is 2. The Kier molecular flexibility index (Phi) is 14.2. The molecule has 2 aromatic carbocycles. The van der Waals surface area contributed by atoms with Crippen LogP contribution in [-0.2, 0) is 9.47 Å². The predicted molar refractivity (Wildman–Crippen MR) is 204 cm³/mol. The number of carbonyl (C=O) groups excluding carboxylic acids is 2. The molecule has 0 spiro atoms. The number of para-hydroxylation sites is 1. The van der Waals surface area contributed by atoms with Gasteiger partial charge in [0, 0.05) is 62.5 Å². The molecule has 5 rings (SSSR count). The molecule has 10 nitrogen and oxygen atoms in total. The third-order valence-corrected chi connectivity index (χ3v) is 9.93. The van der Waals surface area contributed by atoms with Crippen LogP contribution in [-0.4, -0.2) is 105 Å². The molecule has 2 saturated heterocycles. The molecular weight excluding hydrogens is 642 g/mol. The van der Waals surface area contributed by atoms with Crippen LogP contribution in [0.2, 0.25) is 0 Å². The summed E-state index contributed by atoms with van der Waals surface area (Å²) in [6.45, 7) is 16.0. The summed E-state index contributed by atoms with van der Waals surface area (Å²) in [4.78, 5) is 36.5. The van der Waals surface area contributed by atoms with Gasteiger partial charge in [-0.25, -0.2) is 14.6 Å². The summed E-state index contributed by atoms with van der Waals surface area (Å²) in [6.07, 6.45) is 4.59. The van der Waals surface area contributed by atoms with Gasteiger partial charge in [-0.15, -0.1) is 0 Å². The Labute approximate surface area is 304 Å². The fraction of sp³-hybridized carbons (Fsp3) is 0.585. The Balaban J connectivity index is 1.19. The SMILES string of the molecule is COc1ccc(-c2cc(NCCCN(CC3CCN(C(=O)OCC(C)C)CC3)CC3CCN(C(=O)OCC(C)C)CC3)c3ccccc3n2)cc1. The van der Waals surface area contributed by atoms with Crippen LogP contribution in [0.3, 0.4) is 0 Å². The number of anilines is 1. The minimum atomic E-state index is -0.178. The van der Waals surface area contributed by atoms with Crippen molar-refractivity contribution in [2.45, 2.75) is 59.8 Å². The first-order valence-corrected chi connectivity index (χ1v) is 19.0. The highest BCUT2D eigenvalue weighted by Crippen LogP contribution is 2.30. The van der Waals surface area contributed by atoms with Gasteiger partial charge in [-0.1, -0.05) is 45.9 Å². The Morgan fingerprint density at radius 1 is 0.824 bits per heavy atom. The van der Waals surface area contributed by atoms with Gasteiger partial charge in [0.05, 0.1) is 31.5 Å². The largest absolute Gasteiger partial charge is 0.497 e. The summed E-state index contributed by atoms with van der Waals surface area (Å²) in [7, 11) is 1.68. The summed E-state index contributed by atoms with van der Waals surface area (Å²) in [5.41, 5.74) is 4.04. The molecule has 0 aliphatic carbocycles. The number of pyridine rings is 1. The summed E-state index contributed by atoms with van der Waals surface area (Å²) in [6, 6.07) is 18.5. The molecule has 2 amide bonds. The molecule has 2 fully saturated rings. The number of rotatable bonds is 15. The Hall–Kier alpha value is -4.05. The standard InChI is InChI=1S/C41H59N5O5/c1-30(2)28-50-40(47)45-21-15-32(16-22-45)26-44(27-33-17-23-46(24-18-33)41(48)51-29-31(3)4)20-8-19-42-39-25-38(34-11-13-35(49-5)14-12-34)43-37-10-7-6-9-36(37)39/h6-7,9-14,25,30-33H,8,15-24,26-29H2,1-5H3,(H,42,43). The summed E-state index contributed by atoms with van der Waals surface area (Å²) in [5, 5.41) is 4.87. The topological polar surface area (TPSA) is 96.5 Å². The van der Waals surface area contributed by atoms with Gasteiger partial charge in [-0.2, -0.15) is 0 Å². The third-order valence-electron chi connectivity index (χ3n) is 9.93. The molecule has 3 heterocycles. The molecule has 0 saturated carbocycles. The van der Waals surface area contributed by atoms with Crippen molar-refractivity contribution in [2.24, 2.45) is 23.7 Å². The van der Waals surface area contributed by atoms with Crippen molar-refractivity contribution in [3.05, 3.63) is 54.6 Å². The second kappa shape index (κ2) is 19.0. The molecule has 0 unspecified atom stereocenters. The van der Waals surface area contributed by atoms with E-state index < -0.39 is 0 Å². The van der Waals surface area contributed by atoms with E-state index in [9.17, 15) is 9.59 Å². The molecular formula is C41H59N5O5. The maximum atomic E-state index is 12.6. The van der Waals surface area contributed by atoms with Gasteiger partial charge < -0.3 is 34.2 Å². The molecule has 1 aromatic heterocycles. The zero-order valence-electron chi connectivity index (χ0n) is 31.4. The minimum Gasteiger partial charge on any atom is -0.497 e. The molecule has 2 aliphatic heterocycles. The normalized spacial score (nSPS) is 15.9. The van der Waals surface area contributed by atoms with Gasteiger partial charge in [0.15, 0.2) is 0 Å². The van der Waals surface area contributed by atoms with Crippen LogP contribution >= 0.6 is 0 Å². The lowest BCUT2D eigenvalue weighted by Gasteiger charge is -2.37. The van der Waals surface area contributed by atoms with Crippen LogP contribution in [0.4, 0.5) is 15.3 Å². The predicted octanol–water partition coefficient (Wildman–Crippen LogP) is 8.02. The van der Waals surface area contributed by atoms with Crippen molar-refractivity contribution < 1.29 is 23.8 Å². The van der Waals surface area contributed by atoms with Gasteiger partial charge in [0.25, 0.3) is 0 Å². The van der Waals surface area contributed by atoms with E-state index in [1.165, 1.54) is 0 Å². The van der Waals surface area contributed by atoms with Crippen LogP contribution in [0.5, 0.6) is 5.75 Å². The zero-order chi connectivity index (χ0) is 36.2. The Morgan fingerprint density at radius 2 is 1.37 bits per heavy atom. The van der Waals surface area contributed by atoms with Crippen molar-refractivity contribution in [1.82, 2.24) is 19.7 Å². The molecule has 1 N–H and O–H groups in total. The number of carbonyl (C=O) groups is 2. The van der Waals surface area contributed by atoms with Crippen molar-refractivity contribution in [3.8, 4) is 17.0 Å². The molecule has 3 aromatic rings. The lowest BCUT2D eigenvalue weighted by molar-refractivity contribution is 0.0663.